The Morgan fingerprint density at radius 3 is 1.39 bits per heavy atom. The van der Waals surface area contributed by atoms with Gasteiger partial charge in [-0.1, -0.05) is 0 Å². The molecule has 0 spiro atoms. The quantitative estimate of drug-likeness (QED) is 0.481. The van der Waals surface area contributed by atoms with Crippen LogP contribution in [-0.2, 0) is 0 Å². The van der Waals surface area contributed by atoms with E-state index in [4.69, 9.17) is 20.9 Å². The van der Waals surface area contributed by atoms with Crippen LogP contribution in [0.4, 0.5) is 16.2 Å². The van der Waals surface area contributed by atoms with Gasteiger partial charge in [0.25, 0.3) is 0 Å². The third-order valence-corrected chi connectivity index (χ3v) is 2.16. The summed E-state index contributed by atoms with van der Waals surface area (Å²) in [6, 6.07) is 12.9. The van der Waals surface area contributed by atoms with Gasteiger partial charge in [-0.3, -0.25) is 0 Å². The van der Waals surface area contributed by atoms with E-state index in [9.17, 15) is 4.79 Å². The van der Waals surface area contributed by atoms with Crippen LogP contribution in [0.3, 0.4) is 0 Å². The number of hydrogen-bond donors (Lipinski definition) is 2. The first kappa shape index (κ1) is 11.8. The molecular formula is C13H12N2O3. The van der Waals surface area contributed by atoms with E-state index in [1.165, 1.54) is 0 Å². The molecular weight excluding hydrogens is 232 g/mol. The Kier molecular flexibility index (Phi) is 3.33. The van der Waals surface area contributed by atoms with E-state index < -0.39 is 6.16 Å². The molecule has 0 saturated carbocycles. The first-order chi connectivity index (χ1) is 8.63. The van der Waals surface area contributed by atoms with Crippen LogP contribution in [0.5, 0.6) is 11.5 Å². The molecule has 0 radical (unpaired) electrons. The molecule has 0 atom stereocenters. The van der Waals surface area contributed by atoms with Crippen molar-refractivity contribution >= 4 is 17.5 Å². The first-order valence-electron chi connectivity index (χ1n) is 5.24. The van der Waals surface area contributed by atoms with E-state index >= 15 is 0 Å². The number of ether oxygens (including phenoxy) is 2. The van der Waals surface area contributed by atoms with E-state index in [0.717, 1.165) is 0 Å². The van der Waals surface area contributed by atoms with Gasteiger partial charge < -0.3 is 20.9 Å². The Labute approximate surface area is 104 Å². The summed E-state index contributed by atoms with van der Waals surface area (Å²) in [6.07, 6.45) is -0.815. The Balaban J connectivity index is 1.96. The molecule has 2 aromatic rings. The largest absolute Gasteiger partial charge is 0.519 e. The van der Waals surface area contributed by atoms with Crippen molar-refractivity contribution in [3.05, 3.63) is 48.5 Å². The molecule has 0 aliphatic carbocycles. The van der Waals surface area contributed by atoms with Crippen molar-refractivity contribution in [3.63, 3.8) is 0 Å². The number of carbonyl (C=O) groups is 1. The summed E-state index contributed by atoms with van der Waals surface area (Å²) in [5.74, 6) is 0.731. The number of carbonyl (C=O) groups excluding carboxylic acids is 1. The Morgan fingerprint density at radius 2 is 1.06 bits per heavy atom. The highest BCUT2D eigenvalue weighted by molar-refractivity contribution is 5.67. The number of rotatable bonds is 2. The van der Waals surface area contributed by atoms with Gasteiger partial charge in [-0.15, -0.1) is 0 Å². The van der Waals surface area contributed by atoms with E-state index in [0.29, 0.717) is 22.9 Å². The summed E-state index contributed by atoms with van der Waals surface area (Å²) in [6.45, 7) is 0. The van der Waals surface area contributed by atoms with Gasteiger partial charge in [0.1, 0.15) is 11.5 Å². The van der Waals surface area contributed by atoms with Gasteiger partial charge in [0.15, 0.2) is 0 Å². The smallest absolute Gasteiger partial charge is 0.399 e. The molecule has 0 heterocycles. The van der Waals surface area contributed by atoms with Gasteiger partial charge in [0.2, 0.25) is 0 Å². The van der Waals surface area contributed by atoms with Crippen LogP contribution in [-0.4, -0.2) is 6.16 Å². The van der Waals surface area contributed by atoms with E-state index in [1.807, 2.05) is 0 Å². The van der Waals surface area contributed by atoms with Crippen LogP contribution in [0.1, 0.15) is 0 Å². The second-order valence-electron chi connectivity index (χ2n) is 3.59. The minimum Gasteiger partial charge on any atom is -0.399 e. The van der Waals surface area contributed by atoms with Crippen molar-refractivity contribution in [1.29, 1.82) is 0 Å². The molecule has 0 aromatic heterocycles. The minimum absolute atomic E-state index is 0.365. The fraction of sp³-hybridized carbons (Fsp3) is 0. The molecule has 0 fully saturated rings. The molecule has 92 valence electrons. The predicted octanol–water partition coefficient (Wildman–Crippen LogP) is 2.43. The van der Waals surface area contributed by atoms with Crippen molar-refractivity contribution < 1.29 is 14.3 Å². The van der Waals surface area contributed by atoms with Crippen molar-refractivity contribution in [2.45, 2.75) is 0 Å². The second kappa shape index (κ2) is 5.09. The molecule has 0 unspecified atom stereocenters. The van der Waals surface area contributed by atoms with Crippen molar-refractivity contribution in [2.75, 3.05) is 11.5 Å². The van der Waals surface area contributed by atoms with Gasteiger partial charge in [-0.25, -0.2) is 4.79 Å². The molecule has 0 aliphatic heterocycles. The fourth-order valence-electron chi connectivity index (χ4n) is 1.29. The third kappa shape index (κ3) is 3.15. The lowest BCUT2D eigenvalue weighted by Crippen LogP contribution is -2.13. The van der Waals surface area contributed by atoms with Crippen molar-refractivity contribution in [3.8, 4) is 11.5 Å². The summed E-state index contributed by atoms with van der Waals surface area (Å²) in [7, 11) is 0. The van der Waals surface area contributed by atoms with Crippen LogP contribution >= 0.6 is 0 Å². The van der Waals surface area contributed by atoms with E-state index in [2.05, 4.69) is 0 Å². The highest BCUT2D eigenvalue weighted by Gasteiger charge is 2.07. The van der Waals surface area contributed by atoms with E-state index in [-0.39, 0.29) is 0 Å². The highest BCUT2D eigenvalue weighted by Crippen LogP contribution is 2.16. The molecule has 5 heteroatoms. The predicted molar refractivity (Wildman–Crippen MR) is 68.4 cm³/mol. The van der Waals surface area contributed by atoms with Crippen LogP contribution < -0.4 is 20.9 Å². The topological polar surface area (TPSA) is 87.6 Å². The van der Waals surface area contributed by atoms with Gasteiger partial charge >= 0.3 is 6.16 Å². The monoisotopic (exact) mass is 244 g/mol. The number of hydrogen-bond acceptors (Lipinski definition) is 5. The van der Waals surface area contributed by atoms with Crippen molar-refractivity contribution in [1.82, 2.24) is 0 Å². The van der Waals surface area contributed by atoms with Gasteiger partial charge in [0, 0.05) is 11.4 Å². The summed E-state index contributed by atoms with van der Waals surface area (Å²) in [5, 5.41) is 0. The molecule has 0 amide bonds. The molecule has 2 rings (SSSR count). The fourth-order valence-corrected chi connectivity index (χ4v) is 1.29. The van der Waals surface area contributed by atoms with Crippen molar-refractivity contribution in [2.24, 2.45) is 0 Å². The van der Waals surface area contributed by atoms with E-state index in [1.54, 1.807) is 48.5 Å². The zero-order valence-corrected chi connectivity index (χ0v) is 9.50. The molecule has 0 bridgehead atoms. The zero-order chi connectivity index (χ0) is 13.0. The summed E-state index contributed by atoms with van der Waals surface area (Å²) >= 11 is 0. The number of nitrogens with two attached hydrogens (primary N) is 2. The lowest BCUT2D eigenvalue weighted by molar-refractivity contribution is 0.152. The number of nitrogen functional groups attached to an aromatic ring is 2. The maximum atomic E-state index is 11.4. The Hall–Kier alpha value is -2.69. The summed E-state index contributed by atoms with van der Waals surface area (Å²) in [4.78, 5) is 11.4. The van der Waals surface area contributed by atoms with Gasteiger partial charge in [-0.05, 0) is 48.5 Å². The van der Waals surface area contributed by atoms with Crippen LogP contribution in [0.25, 0.3) is 0 Å². The second-order valence-corrected chi connectivity index (χ2v) is 3.59. The molecule has 2 aromatic carbocycles. The molecule has 0 aliphatic rings. The standard InChI is InChI=1S/C13H12N2O3/c14-9-1-5-11(6-2-9)17-13(16)18-12-7-3-10(15)4-8-12/h1-8H,14-15H2. The summed E-state index contributed by atoms with van der Waals surface area (Å²) < 4.78 is 9.91. The number of benzene rings is 2. The van der Waals surface area contributed by atoms with Crippen LogP contribution in [0.2, 0.25) is 0 Å². The van der Waals surface area contributed by atoms with Crippen LogP contribution in [0.15, 0.2) is 48.5 Å². The van der Waals surface area contributed by atoms with Crippen LogP contribution in [0, 0.1) is 0 Å². The number of anilines is 2. The average molecular weight is 244 g/mol. The maximum absolute atomic E-state index is 11.4. The zero-order valence-electron chi connectivity index (χ0n) is 9.50. The Morgan fingerprint density at radius 1 is 0.722 bits per heavy atom. The normalized spacial score (nSPS) is 9.78. The summed E-state index contributed by atoms with van der Waals surface area (Å²) in [5.41, 5.74) is 12.2. The SMILES string of the molecule is Nc1ccc(OC(=O)Oc2ccc(N)cc2)cc1. The Bertz CT molecular complexity index is 486. The average Bonchev–Trinajstić information content (AvgIpc) is 2.35. The minimum atomic E-state index is -0.815. The van der Waals surface area contributed by atoms with Gasteiger partial charge in [0.05, 0.1) is 0 Å². The molecule has 18 heavy (non-hydrogen) atoms. The van der Waals surface area contributed by atoms with Gasteiger partial charge in [-0.2, -0.15) is 0 Å². The first-order valence-corrected chi connectivity index (χ1v) is 5.24. The lowest BCUT2D eigenvalue weighted by Gasteiger charge is -2.05. The molecule has 4 N–H and O–H groups in total. The maximum Gasteiger partial charge on any atom is 0.519 e. The third-order valence-electron chi connectivity index (χ3n) is 2.16. The highest BCUT2D eigenvalue weighted by atomic mass is 16.7. The lowest BCUT2D eigenvalue weighted by atomic mass is 10.3. The molecule has 0 saturated heterocycles. The molecule has 5 nitrogen and oxygen atoms in total.